The van der Waals surface area contributed by atoms with E-state index in [9.17, 15) is 4.79 Å². The molecule has 21 heavy (non-hydrogen) atoms. The molecule has 104 valence electrons. The average molecular weight is 332 g/mol. The van der Waals surface area contributed by atoms with Gasteiger partial charge in [0.1, 0.15) is 0 Å². The third-order valence-corrected chi connectivity index (χ3v) is 5.31. The molecule has 0 saturated heterocycles. The van der Waals surface area contributed by atoms with Crippen molar-refractivity contribution < 1.29 is 4.79 Å². The Kier molecular flexibility index (Phi) is 4.15. The van der Waals surface area contributed by atoms with E-state index in [1.165, 1.54) is 34.4 Å². The average Bonchev–Trinajstić information content (AvgIpc) is 3.11. The molecule has 0 saturated carbocycles. The first-order chi connectivity index (χ1) is 10.3. The summed E-state index contributed by atoms with van der Waals surface area (Å²) in [7, 11) is 0. The Bertz CT molecular complexity index is 800. The van der Waals surface area contributed by atoms with Gasteiger partial charge in [-0.25, -0.2) is 4.98 Å². The summed E-state index contributed by atoms with van der Waals surface area (Å²) < 4.78 is 1.71. The van der Waals surface area contributed by atoms with Gasteiger partial charge in [-0.3, -0.25) is 10.1 Å². The van der Waals surface area contributed by atoms with Gasteiger partial charge in [0.05, 0.1) is 16.0 Å². The van der Waals surface area contributed by atoms with E-state index in [-0.39, 0.29) is 5.91 Å². The zero-order valence-corrected chi connectivity index (χ0v) is 13.0. The van der Waals surface area contributed by atoms with Crippen LogP contribution in [0.1, 0.15) is 9.80 Å². The summed E-state index contributed by atoms with van der Waals surface area (Å²) >= 11 is 4.05. The van der Waals surface area contributed by atoms with Crippen LogP contribution in [0, 0.1) is 12.3 Å². The molecule has 8 heteroatoms. The van der Waals surface area contributed by atoms with Crippen LogP contribution < -0.4 is 5.32 Å². The van der Waals surface area contributed by atoms with Crippen molar-refractivity contribution in [1.29, 1.82) is 0 Å². The van der Waals surface area contributed by atoms with Gasteiger partial charge in [-0.1, -0.05) is 41.2 Å². The van der Waals surface area contributed by atoms with Crippen molar-refractivity contribution in [2.24, 2.45) is 0 Å². The van der Waals surface area contributed by atoms with E-state index < -0.39 is 0 Å². The number of thiazole rings is 1. The molecule has 1 amide bonds. The molecule has 3 rings (SSSR count). The van der Waals surface area contributed by atoms with Gasteiger partial charge >= 0.3 is 0 Å². The van der Waals surface area contributed by atoms with Gasteiger partial charge in [-0.05, 0) is 12.1 Å². The molecule has 5 nitrogen and oxygen atoms in total. The predicted octanol–water partition coefficient (Wildman–Crippen LogP) is 3.13. The van der Waals surface area contributed by atoms with Crippen LogP contribution >= 0.6 is 34.4 Å². The SMILES string of the molecule is C#CCSc1nnc(NC(=O)c2nc3ccccc3s2)s1. The lowest BCUT2D eigenvalue weighted by molar-refractivity contribution is 0.102. The molecule has 0 fully saturated rings. The van der Waals surface area contributed by atoms with Crippen LogP contribution in [-0.2, 0) is 0 Å². The van der Waals surface area contributed by atoms with Crippen LogP contribution in [0.5, 0.6) is 0 Å². The van der Waals surface area contributed by atoms with E-state index >= 15 is 0 Å². The summed E-state index contributed by atoms with van der Waals surface area (Å²) in [6.07, 6.45) is 5.19. The highest BCUT2D eigenvalue weighted by Crippen LogP contribution is 2.26. The minimum Gasteiger partial charge on any atom is -0.294 e. The summed E-state index contributed by atoms with van der Waals surface area (Å²) in [5.41, 5.74) is 0.815. The first kappa shape index (κ1) is 14.0. The lowest BCUT2D eigenvalue weighted by atomic mass is 10.3. The zero-order valence-electron chi connectivity index (χ0n) is 10.6. The van der Waals surface area contributed by atoms with E-state index in [1.807, 2.05) is 24.3 Å². The van der Waals surface area contributed by atoms with E-state index in [2.05, 4.69) is 26.4 Å². The number of hydrogen-bond donors (Lipinski definition) is 1. The van der Waals surface area contributed by atoms with Crippen molar-refractivity contribution in [3.63, 3.8) is 0 Å². The molecule has 0 atom stereocenters. The molecular weight excluding hydrogens is 324 g/mol. The molecule has 0 aliphatic heterocycles. The summed E-state index contributed by atoms with van der Waals surface area (Å²) in [6, 6.07) is 7.62. The highest BCUT2D eigenvalue weighted by atomic mass is 32.2. The Morgan fingerprint density at radius 2 is 2.19 bits per heavy atom. The van der Waals surface area contributed by atoms with Crippen LogP contribution in [0.4, 0.5) is 5.13 Å². The van der Waals surface area contributed by atoms with Crippen LogP contribution in [0.2, 0.25) is 0 Å². The molecule has 1 aromatic carbocycles. The number of rotatable bonds is 4. The van der Waals surface area contributed by atoms with Crippen LogP contribution in [0.15, 0.2) is 28.6 Å². The number of benzene rings is 1. The summed E-state index contributed by atoms with van der Waals surface area (Å²) in [4.78, 5) is 16.4. The van der Waals surface area contributed by atoms with Crippen molar-refractivity contribution in [1.82, 2.24) is 15.2 Å². The van der Waals surface area contributed by atoms with Crippen LogP contribution in [0.25, 0.3) is 10.2 Å². The smallest absolute Gasteiger partial charge is 0.286 e. The summed E-state index contributed by atoms with van der Waals surface area (Å²) in [5.74, 6) is 2.76. The standard InChI is InChI=1S/C13H8N4OS3/c1-2-7-19-13-17-16-12(21-13)15-10(18)11-14-8-5-3-4-6-9(8)20-11/h1,3-6H,7H2,(H,15,16,18). The summed E-state index contributed by atoms with van der Waals surface area (Å²) in [5, 5.41) is 11.4. The number of amides is 1. The van der Waals surface area contributed by atoms with E-state index in [1.54, 1.807) is 0 Å². The van der Waals surface area contributed by atoms with Gasteiger partial charge in [-0.2, -0.15) is 0 Å². The number of fused-ring (bicyclic) bond motifs is 1. The number of carbonyl (C=O) groups is 1. The highest BCUT2D eigenvalue weighted by Gasteiger charge is 2.14. The number of para-hydroxylation sites is 1. The number of thioether (sulfide) groups is 1. The number of carbonyl (C=O) groups excluding carboxylic acids is 1. The maximum atomic E-state index is 12.1. The lowest BCUT2D eigenvalue weighted by Gasteiger charge is -1.95. The molecule has 3 aromatic rings. The molecule has 0 unspecified atom stereocenters. The second kappa shape index (κ2) is 6.22. The van der Waals surface area contributed by atoms with Crippen LogP contribution in [0.3, 0.4) is 0 Å². The molecule has 2 aromatic heterocycles. The predicted molar refractivity (Wildman–Crippen MR) is 87.0 cm³/mol. The van der Waals surface area contributed by atoms with Gasteiger partial charge in [0, 0.05) is 0 Å². The first-order valence-corrected chi connectivity index (χ1v) is 8.45. The Hall–Kier alpha value is -1.95. The largest absolute Gasteiger partial charge is 0.294 e. The molecule has 0 radical (unpaired) electrons. The number of aromatic nitrogens is 3. The van der Waals surface area contributed by atoms with Crippen molar-refractivity contribution in [3.8, 4) is 12.3 Å². The third-order valence-electron chi connectivity index (χ3n) is 2.39. The van der Waals surface area contributed by atoms with Gasteiger partial charge in [-0.15, -0.1) is 28.0 Å². The van der Waals surface area contributed by atoms with Gasteiger partial charge in [0.15, 0.2) is 9.35 Å². The lowest BCUT2D eigenvalue weighted by Crippen LogP contribution is -2.11. The topological polar surface area (TPSA) is 67.8 Å². The van der Waals surface area contributed by atoms with Crippen LogP contribution in [-0.4, -0.2) is 26.8 Å². The van der Waals surface area contributed by atoms with E-state index in [4.69, 9.17) is 6.42 Å². The zero-order chi connectivity index (χ0) is 14.7. The Morgan fingerprint density at radius 3 is 3.00 bits per heavy atom. The molecule has 2 heterocycles. The quantitative estimate of drug-likeness (QED) is 0.452. The second-order valence-corrected chi connectivity index (χ2v) is 7.04. The molecule has 0 aliphatic carbocycles. The molecule has 1 N–H and O–H groups in total. The van der Waals surface area contributed by atoms with Crippen molar-refractivity contribution in [2.45, 2.75) is 4.34 Å². The van der Waals surface area contributed by atoms with Crippen molar-refractivity contribution in [2.75, 3.05) is 11.1 Å². The number of nitrogens with one attached hydrogen (secondary N) is 1. The monoisotopic (exact) mass is 332 g/mol. The van der Waals surface area contributed by atoms with Gasteiger partial charge < -0.3 is 0 Å². The maximum absolute atomic E-state index is 12.1. The second-order valence-electron chi connectivity index (χ2n) is 3.81. The fourth-order valence-corrected chi connectivity index (χ4v) is 3.83. The van der Waals surface area contributed by atoms with Crippen molar-refractivity contribution in [3.05, 3.63) is 29.3 Å². The number of nitrogens with zero attached hydrogens (tertiary/aromatic N) is 3. The first-order valence-electron chi connectivity index (χ1n) is 5.83. The molecule has 0 aliphatic rings. The Morgan fingerprint density at radius 1 is 1.33 bits per heavy atom. The molecule has 0 bridgehead atoms. The van der Waals surface area contributed by atoms with Crippen molar-refractivity contribution >= 4 is 55.7 Å². The Labute approximate surface area is 132 Å². The number of terminal acetylenes is 1. The minimum atomic E-state index is -0.277. The molecular formula is C13H8N4OS3. The highest BCUT2D eigenvalue weighted by molar-refractivity contribution is 8.01. The fraction of sp³-hybridized carbons (Fsp3) is 0.0769. The Balaban J connectivity index is 1.73. The third kappa shape index (κ3) is 3.21. The maximum Gasteiger partial charge on any atom is 0.286 e. The normalized spacial score (nSPS) is 10.4. The minimum absolute atomic E-state index is 0.277. The summed E-state index contributed by atoms with van der Waals surface area (Å²) in [6.45, 7) is 0. The number of anilines is 1. The number of hydrogen-bond acceptors (Lipinski definition) is 7. The van der Waals surface area contributed by atoms with E-state index in [0.717, 1.165) is 14.6 Å². The van der Waals surface area contributed by atoms with E-state index in [0.29, 0.717) is 15.9 Å². The van der Waals surface area contributed by atoms with Gasteiger partial charge in [0.25, 0.3) is 5.91 Å². The van der Waals surface area contributed by atoms with Gasteiger partial charge in [0.2, 0.25) is 5.13 Å². The fourth-order valence-electron chi connectivity index (χ4n) is 1.54. The molecule has 0 spiro atoms.